The first-order valence-corrected chi connectivity index (χ1v) is 10.1. The minimum Gasteiger partial charge on any atom is -0.497 e. The quantitative estimate of drug-likeness (QED) is 0.681. The Hall–Kier alpha value is -2.36. The lowest BCUT2D eigenvalue weighted by molar-refractivity contribution is -0.119. The number of rotatable bonds is 9. The van der Waals surface area contributed by atoms with Crippen LogP contribution in [0.2, 0.25) is 0 Å². The van der Waals surface area contributed by atoms with Gasteiger partial charge in [0, 0.05) is 26.5 Å². The third kappa shape index (κ3) is 4.37. The molecule has 9 heteroatoms. The number of sulfone groups is 1. The largest absolute Gasteiger partial charge is 0.497 e. The van der Waals surface area contributed by atoms with Crippen molar-refractivity contribution in [2.24, 2.45) is 0 Å². The summed E-state index contributed by atoms with van der Waals surface area (Å²) in [5.74, 6) is 0.327. The summed E-state index contributed by atoms with van der Waals surface area (Å²) in [6.07, 6.45) is 0. The number of hydrogen-bond donors (Lipinski definition) is 1. The van der Waals surface area contributed by atoms with Crippen molar-refractivity contribution >= 4 is 21.6 Å². The average molecular weight is 410 g/mol. The molecule has 1 aromatic heterocycles. The summed E-state index contributed by atoms with van der Waals surface area (Å²) in [4.78, 5) is 12.3. The van der Waals surface area contributed by atoms with Crippen LogP contribution in [0.3, 0.4) is 0 Å². The van der Waals surface area contributed by atoms with Crippen molar-refractivity contribution < 1.29 is 27.4 Å². The number of nitrogens with one attached hydrogen (secondary N) is 1. The van der Waals surface area contributed by atoms with Crippen LogP contribution in [0, 0.1) is 13.8 Å². The number of methoxy groups -OCH3 is 3. The molecule has 0 spiro atoms. The first kappa shape index (κ1) is 21.9. The topological polar surface area (TPSA) is 95.9 Å². The van der Waals surface area contributed by atoms with E-state index in [1.54, 1.807) is 30.7 Å². The molecule has 28 heavy (non-hydrogen) atoms. The van der Waals surface area contributed by atoms with Crippen LogP contribution in [0.25, 0.3) is 0 Å². The van der Waals surface area contributed by atoms with Gasteiger partial charge in [0.15, 0.2) is 0 Å². The Labute approximate surface area is 165 Å². The molecule has 0 aliphatic heterocycles. The van der Waals surface area contributed by atoms with Gasteiger partial charge in [0.2, 0.25) is 9.84 Å². The summed E-state index contributed by atoms with van der Waals surface area (Å²) in [6.45, 7) is 4.11. The zero-order valence-corrected chi connectivity index (χ0v) is 17.6. The Balaban J connectivity index is 2.64. The van der Waals surface area contributed by atoms with E-state index in [-0.39, 0.29) is 22.2 Å². The smallest absolute Gasteiger partial charge is 0.251 e. The van der Waals surface area contributed by atoms with E-state index in [2.05, 4.69) is 5.32 Å². The second-order valence-corrected chi connectivity index (χ2v) is 8.08. The maximum absolute atomic E-state index is 13.4. The van der Waals surface area contributed by atoms with Crippen LogP contribution >= 0.6 is 0 Å². The van der Waals surface area contributed by atoms with Crippen LogP contribution in [-0.4, -0.2) is 53.4 Å². The van der Waals surface area contributed by atoms with Gasteiger partial charge in [0.1, 0.15) is 23.1 Å². The molecule has 0 atom stereocenters. The Morgan fingerprint density at radius 1 is 1.07 bits per heavy atom. The molecule has 1 heterocycles. The van der Waals surface area contributed by atoms with Crippen LogP contribution in [0.1, 0.15) is 11.3 Å². The van der Waals surface area contributed by atoms with Crippen LogP contribution in [-0.2, 0) is 30.7 Å². The predicted molar refractivity (Wildman–Crippen MR) is 105 cm³/mol. The second kappa shape index (κ2) is 9.22. The summed E-state index contributed by atoms with van der Waals surface area (Å²) < 4.78 is 43.6. The highest BCUT2D eigenvalue weighted by Crippen LogP contribution is 2.35. The molecule has 2 aromatic rings. The van der Waals surface area contributed by atoms with E-state index in [0.29, 0.717) is 24.5 Å². The molecule has 0 bridgehead atoms. The lowest BCUT2D eigenvalue weighted by atomic mass is 10.3. The summed E-state index contributed by atoms with van der Waals surface area (Å²) in [5, 5.41) is 2.69. The number of aromatic nitrogens is 1. The highest BCUT2D eigenvalue weighted by molar-refractivity contribution is 7.91. The van der Waals surface area contributed by atoms with Crippen molar-refractivity contribution in [3.63, 3.8) is 0 Å². The van der Waals surface area contributed by atoms with Crippen LogP contribution in [0.4, 0.5) is 5.82 Å². The fraction of sp³-hybridized carbons (Fsp3) is 0.421. The molecule has 1 N–H and O–H groups in total. The van der Waals surface area contributed by atoms with E-state index in [4.69, 9.17) is 14.2 Å². The highest BCUT2D eigenvalue weighted by atomic mass is 32.2. The van der Waals surface area contributed by atoms with Gasteiger partial charge in [-0.3, -0.25) is 4.79 Å². The molecular formula is C19H26N2O6S. The molecule has 0 radical (unpaired) electrons. The number of nitrogens with zero attached hydrogens (tertiary/aromatic N) is 1. The van der Waals surface area contributed by atoms with E-state index in [0.717, 1.165) is 5.69 Å². The zero-order chi connectivity index (χ0) is 20.9. The summed E-state index contributed by atoms with van der Waals surface area (Å²) in [6, 6.07) is 6.13. The molecule has 154 valence electrons. The first-order chi connectivity index (χ1) is 13.3. The predicted octanol–water partition coefficient (Wildman–Crippen LogP) is 2.18. The van der Waals surface area contributed by atoms with Gasteiger partial charge in [-0.25, -0.2) is 8.42 Å². The van der Waals surface area contributed by atoms with Gasteiger partial charge >= 0.3 is 0 Å². The Bertz CT molecular complexity index is 932. The lowest BCUT2D eigenvalue weighted by Gasteiger charge is -2.14. The SMILES string of the molecule is COCCn1c(C)c(C)c(S(=O)(=O)c2ccc(OC)cc2)c1NC(=O)COC. The van der Waals surface area contributed by atoms with Crippen molar-refractivity contribution in [3.05, 3.63) is 35.5 Å². The van der Waals surface area contributed by atoms with E-state index >= 15 is 0 Å². The molecule has 2 rings (SSSR count). The van der Waals surface area contributed by atoms with E-state index < -0.39 is 15.7 Å². The Morgan fingerprint density at radius 3 is 2.25 bits per heavy atom. The maximum Gasteiger partial charge on any atom is 0.251 e. The lowest BCUT2D eigenvalue weighted by Crippen LogP contribution is -2.22. The molecule has 0 aliphatic carbocycles. The van der Waals surface area contributed by atoms with Gasteiger partial charge < -0.3 is 24.1 Å². The molecule has 1 amide bonds. The molecule has 1 aromatic carbocycles. The van der Waals surface area contributed by atoms with Gasteiger partial charge in [-0.1, -0.05) is 0 Å². The van der Waals surface area contributed by atoms with Crippen LogP contribution in [0.15, 0.2) is 34.1 Å². The summed E-state index contributed by atoms with van der Waals surface area (Å²) in [7, 11) is 0.582. The zero-order valence-electron chi connectivity index (χ0n) is 16.7. The summed E-state index contributed by atoms with van der Waals surface area (Å²) >= 11 is 0. The van der Waals surface area contributed by atoms with E-state index in [1.165, 1.54) is 26.4 Å². The fourth-order valence-electron chi connectivity index (χ4n) is 2.92. The van der Waals surface area contributed by atoms with Crippen LogP contribution < -0.4 is 10.1 Å². The average Bonchev–Trinajstić information content (AvgIpc) is 2.90. The third-order valence-electron chi connectivity index (χ3n) is 4.46. The minimum absolute atomic E-state index is 0.0655. The molecule has 0 fully saturated rings. The monoisotopic (exact) mass is 410 g/mol. The Morgan fingerprint density at radius 2 is 1.71 bits per heavy atom. The number of anilines is 1. The van der Waals surface area contributed by atoms with Crippen molar-refractivity contribution in [3.8, 4) is 5.75 Å². The van der Waals surface area contributed by atoms with Gasteiger partial charge in [0.05, 0.1) is 18.6 Å². The summed E-state index contributed by atoms with van der Waals surface area (Å²) in [5.41, 5.74) is 1.30. The number of carbonyl (C=O) groups excluding carboxylic acids is 1. The van der Waals surface area contributed by atoms with Crippen molar-refractivity contribution in [1.82, 2.24) is 4.57 Å². The van der Waals surface area contributed by atoms with Gasteiger partial charge in [-0.2, -0.15) is 0 Å². The number of hydrogen-bond acceptors (Lipinski definition) is 6. The molecule has 8 nitrogen and oxygen atoms in total. The number of carbonyl (C=O) groups is 1. The van der Waals surface area contributed by atoms with Gasteiger partial charge in [-0.05, 0) is 43.7 Å². The minimum atomic E-state index is -3.89. The number of ether oxygens (including phenoxy) is 3. The van der Waals surface area contributed by atoms with Crippen molar-refractivity contribution in [2.45, 2.75) is 30.2 Å². The van der Waals surface area contributed by atoms with E-state index in [9.17, 15) is 13.2 Å². The van der Waals surface area contributed by atoms with E-state index in [1.807, 2.05) is 6.92 Å². The molecular weight excluding hydrogens is 384 g/mol. The molecule has 0 aliphatic rings. The fourth-order valence-corrected chi connectivity index (χ4v) is 4.62. The molecule has 0 saturated heterocycles. The van der Waals surface area contributed by atoms with Gasteiger partial charge in [0.25, 0.3) is 5.91 Å². The highest BCUT2D eigenvalue weighted by Gasteiger charge is 2.30. The van der Waals surface area contributed by atoms with Gasteiger partial charge in [-0.15, -0.1) is 0 Å². The van der Waals surface area contributed by atoms with Crippen molar-refractivity contribution in [2.75, 3.05) is 39.9 Å². The number of benzene rings is 1. The third-order valence-corrected chi connectivity index (χ3v) is 6.39. The molecule has 0 unspecified atom stereocenters. The normalized spacial score (nSPS) is 11.5. The number of amides is 1. The second-order valence-electron chi connectivity index (χ2n) is 6.19. The standard InChI is InChI=1S/C19H26N2O6S/c1-13-14(2)21(10-11-25-3)19(20-17(22)12-26-4)18(13)28(23,24)16-8-6-15(27-5)7-9-16/h6-9H,10-12H2,1-5H3,(H,20,22). The first-order valence-electron chi connectivity index (χ1n) is 8.64. The maximum atomic E-state index is 13.4. The Kier molecular flexibility index (Phi) is 7.22. The van der Waals surface area contributed by atoms with Crippen molar-refractivity contribution in [1.29, 1.82) is 0 Å². The molecule has 0 saturated carbocycles. The van der Waals surface area contributed by atoms with Crippen LogP contribution in [0.5, 0.6) is 5.75 Å².